The Bertz CT molecular complexity index is 584. The molecule has 0 radical (unpaired) electrons. The van der Waals surface area contributed by atoms with Crippen molar-refractivity contribution in [2.45, 2.75) is 19.8 Å². The molecule has 0 spiro atoms. The number of halogens is 1. The summed E-state index contributed by atoms with van der Waals surface area (Å²) >= 11 is 5.92. The van der Waals surface area contributed by atoms with Crippen molar-refractivity contribution in [3.05, 3.63) is 28.8 Å². The Hall–Kier alpha value is -1.79. The van der Waals surface area contributed by atoms with Gasteiger partial charge < -0.3 is 19.9 Å². The highest BCUT2D eigenvalue weighted by Crippen LogP contribution is 2.30. The summed E-state index contributed by atoms with van der Waals surface area (Å²) in [5.74, 6) is -0.909. The summed E-state index contributed by atoms with van der Waals surface area (Å²) in [4.78, 5) is 24.0. The number of carbonyl (C=O) groups excluding carboxylic acids is 1. The monoisotopic (exact) mass is 341 g/mol. The second-order valence-electron chi connectivity index (χ2n) is 5.45. The second-order valence-corrected chi connectivity index (χ2v) is 5.89. The molecule has 0 bridgehead atoms. The van der Waals surface area contributed by atoms with E-state index in [9.17, 15) is 14.7 Å². The third kappa shape index (κ3) is 4.14. The van der Waals surface area contributed by atoms with Crippen LogP contribution in [0.25, 0.3) is 0 Å². The first-order chi connectivity index (χ1) is 11.0. The summed E-state index contributed by atoms with van der Waals surface area (Å²) in [5, 5.41) is 12.7. The van der Waals surface area contributed by atoms with Crippen LogP contribution in [0.2, 0.25) is 5.02 Å². The van der Waals surface area contributed by atoms with E-state index in [1.54, 1.807) is 18.2 Å². The van der Waals surface area contributed by atoms with Crippen LogP contribution >= 0.6 is 11.6 Å². The summed E-state index contributed by atoms with van der Waals surface area (Å²) in [6, 6.07) is 4.74. The van der Waals surface area contributed by atoms with Crippen LogP contribution in [0.1, 0.15) is 30.1 Å². The van der Waals surface area contributed by atoms with E-state index >= 15 is 0 Å². The predicted molar refractivity (Wildman–Crippen MR) is 85.1 cm³/mol. The van der Waals surface area contributed by atoms with Crippen LogP contribution in [0, 0.1) is 5.41 Å². The first-order valence-corrected chi connectivity index (χ1v) is 7.88. The number of carboxylic acid groups (broad SMARTS) is 1. The molecule has 0 atom stereocenters. The molecular weight excluding hydrogens is 322 g/mol. The lowest BCUT2D eigenvalue weighted by Crippen LogP contribution is -2.46. The summed E-state index contributed by atoms with van der Waals surface area (Å²) in [7, 11) is 0. The van der Waals surface area contributed by atoms with E-state index in [0.717, 1.165) is 0 Å². The number of hydrogen-bond acceptors (Lipinski definition) is 4. The van der Waals surface area contributed by atoms with Gasteiger partial charge in [-0.05, 0) is 38.0 Å². The van der Waals surface area contributed by atoms with E-state index in [2.05, 4.69) is 5.32 Å². The number of aliphatic carboxylic acids is 1. The SMILES string of the molecule is CCOc1cc(Cl)ccc1C(=O)NCC1(C(=O)O)CCOCC1. The van der Waals surface area contributed by atoms with Crippen molar-refractivity contribution >= 4 is 23.5 Å². The molecule has 23 heavy (non-hydrogen) atoms. The highest BCUT2D eigenvalue weighted by molar-refractivity contribution is 6.30. The minimum absolute atomic E-state index is 0.0543. The molecular formula is C16H20ClNO5. The molecule has 0 unspecified atom stereocenters. The van der Waals surface area contributed by atoms with Crippen LogP contribution in [0.15, 0.2) is 18.2 Å². The molecule has 0 saturated carbocycles. The Morgan fingerprint density at radius 1 is 1.39 bits per heavy atom. The Morgan fingerprint density at radius 2 is 2.09 bits per heavy atom. The van der Waals surface area contributed by atoms with Gasteiger partial charge in [0.2, 0.25) is 0 Å². The highest BCUT2D eigenvalue weighted by Gasteiger charge is 2.40. The van der Waals surface area contributed by atoms with E-state index in [-0.39, 0.29) is 12.5 Å². The number of nitrogens with one attached hydrogen (secondary N) is 1. The number of carbonyl (C=O) groups is 2. The number of amides is 1. The number of rotatable bonds is 6. The van der Waals surface area contributed by atoms with Crippen LogP contribution in [0.5, 0.6) is 5.75 Å². The maximum atomic E-state index is 12.4. The van der Waals surface area contributed by atoms with Gasteiger partial charge in [-0.1, -0.05) is 11.6 Å². The zero-order chi connectivity index (χ0) is 16.9. The average Bonchev–Trinajstić information content (AvgIpc) is 2.54. The van der Waals surface area contributed by atoms with Gasteiger partial charge in [-0.3, -0.25) is 9.59 Å². The van der Waals surface area contributed by atoms with E-state index in [1.165, 1.54) is 0 Å². The smallest absolute Gasteiger partial charge is 0.311 e. The molecule has 0 aliphatic carbocycles. The first-order valence-electron chi connectivity index (χ1n) is 7.50. The molecule has 1 aliphatic heterocycles. The molecule has 1 fully saturated rings. The molecule has 6 nitrogen and oxygen atoms in total. The largest absolute Gasteiger partial charge is 0.493 e. The van der Waals surface area contributed by atoms with Gasteiger partial charge in [-0.2, -0.15) is 0 Å². The number of ether oxygens (including phenoxy) is 2. The fourth-order valence-electron chi connectivity index (χ4n) is 2.53. The van der Waals surface area contributed by atoms with Crippen molar-refractivity contribution in [3.63, 3.8) is 0 Å². The Kier molecular flexibility index (Phi) is 5.85. The molecule has 126 valence electrons. The van der Waals surface area contributed by atoms with Crippen molar-refractivity contribution in [1.29, 1.82) is 0 Å². The summed E-state index contributed by atoms with van der Waals surface area (Å²) in [6.45, 7) is 3.03. The van der Waals surface area contributed by atoms with Crippen molar-refractivity contribution in [1.82, 2.24) is 5.32 Å². The van der Waals surface area contributed by atoms with Gasteiger partial charge in [0.05, 0.1) is 17.6 Å². The number of carboxylic acids is 1. The maximum Gasteiger partial charge on any atom is 0.311 e. The molecule has 2 rings (SSSR count). The van der Waals surface area contributed by atoms with E-state index < -0.39 is 11.4 Å². The molecule has 1 heterocycles. The van der Waals surface area contributed by atoms with Gasteiger partial charge >= 0.3 is 5.97 Å². The first kappa shape index (κ1) is 17.6. The Morgan fingerprint density at radius 3 is 2.70 bits per heavy atom. The van der Waals surface area contributed by atoms with Crippen molar-refractivity contribution in [2.24, 2.45) is 5.41 Å². The Labute approximate surface area is 139 Å². The summed E-state index contributed by atoms with van der Waals surface area (Å²) < 4.78 is 10.6. The molecule has 1 aromatic rings. The van der Waals surface area contributed by atoms with Gasteiger partial charge in [-0.25, -0.2) is 0 Å². The number of hydrogen-bond donors (Lipinski definition) is 2. The minimum Gasteiger partial charge on any atom is -0.493 e. The normalized spacial score (nSPS) is 16.6. The van der Waals surface area contributed by atoms with E-state index in [0.29, 0.717) is 49.0 Å². The average molecular weight is 342 g/mol. The molecule has 2 N–H and O–H groups in total. The maximum absolute atomic E-state index is 12.4. The number of benzene rings is 1. The molecule has 0 aromatic heterocycles. The zero-order valence-corrected chi connectivity index (χ0v) is 13.7. The van der Waals surface area contributed by atoms with Gasteiger partial charge in [-0.15, -0.1) is 0 Å². The van der Waals surface area contributed by atoms with E-state index in [4.69, 9.17) is 21.1 Å². The van der Waals surface area contributed by atoms with Crippen LogP contribution in [-0.4, -0.2) is 43.3 Å². The van der Waals surface area contributed by atoms with Gasteiger partial charge in [0, 0.05) is 24.8 Å². The minimum atomic E-state index is -0.980. The van der Waals surface area contributed by atoms with E-state index in [1.807, 2.05) is 6.92 Å². The lowest BCUT2D eigenvalue weighted by Gasteiger charge is -2.33. The predicted octanol–water partition coefficient (Wildman–Crippen LogP) is 2.35. The fourth-order valence-corrected chi connectivity index (χ4v) is 2.69. The third-order valence-corrected chi connectivity index (χ3v) is 4.21. The quantitative estimate of drug-likeness (QED) is 0.829. The van der Waals surface area contributed by atoms with Gasteiger partial charge in [0.15, 0.2) is 0 Å². The zero-order valence-electron chi connectivity index (χ0n) is 12.9. The summed E-state index contributed by atoms with van der Waals surface area (Å²) in [5.41, 5.74) is -0.643. The molecule has 1 saturated heterocycles. The van der Waals surface area contributed by atoms with Gasteiger partial charge in [0.1, 0.15) is 5.75 Å². The highest BCUT2D eigenvalue weighted by atomic mass is 35.5. The lowest BCUT2D eigenvalue weighted by molar-refractivity contribution is -0.154. The van der Waals surface area contributed by atoms with Gasteiger partial charge in [0.25, 0.3) is 5.91 Å². The standard InChI is InChI=1S/C16H20ClNO5/c1-2-23-13-9-11(17)3-4-12(13)14(19)18-10-16(15(20)21)5-7-22-8-6-16/h3-4,9H,2,5-8,10H2,1H3,(H,18,19)(H,20,21). The van der Waals surface area contributed by atoms with Crippen LogP contribution in [0.3, 0.4) is 0 Å². The molecule has 1 aromatic carbocycles. The van der Waals surface area contributed by atoms with Crippen molar-refractivity contribution in [2.75, 3.05) is 26.4 Å². The molecule has 7 heteroatoms. The van der Waals surface area contributed by atoms with Crippen LogP contribution < -0.4 is 10.1 Å². The second kappa shape index (κ2) is 7.66. The van der Waals surface area contributed by atoms with Crippen molar-refractivity contribution in [3.8, 4) is 5.75 Å². The summed E-state index contributed by atoms with van der Waals surface area (Å²) in [6.07, 6.45) is 0.753. The molecule has 1 aliphatic rings. The third-order valence-electron chi connectivity index (χ3n) is 3.98. The topological polar surface area (TPSA) is 84.9 Å². The van der Waals surface area contributed by atoms with Crippen LogP contribution in [-0.2, 0) is 9.53 Å². The Balaban J connectivity index is 2.11. The fraction of sp³-hybridized carbons (Fsp3) is 0.500. The molecule has 1 amide bonds. The van der Waals surface area contributed by atoms with Crippen LogP contribution in [0.4, 0.5) is 0 Å². The lowest BCUT2D eigenvalue weighted by atomic mass is 9.80. The van der Waals surface area contributed by atoms with Crippen molar-refractivity contribution < 1.29 is 24.2 Å².